The number of allylic oxidation sites excluding steroid dienone is 1. The molecule has 0 aliphatic carbocycles. The fraction of sp³-hybridized carbons (Fsp3) is 0.381. The molecule has 28 heavy (non-hydrogen) atoms. The second kappa shape index (κ2) is 7.24. The van der Waals surface area contributed by atoms with Crippen LogP contribution in [-0.4, -0.2) is 31.4 Å². The van der Waals surface area contributed by atoms with Gasteiger partial charge in [0.15, 0.2) is 11.2 Å². The quantitative estimate of drug-likeness (QED) is 0.637. The molecule has 7 nitrogen and oxygen atoms in total. The first-order valence-corrected chi connectivity index (χ1v) is 9.52. The lowest BCUT2D eigenvalue weighted by Gasteiger charge is -2.17. The first kappa shape index (κ1) is 18.4. The molecule has 2 aromatic heterocycles. The Kier molecular flexibility index (Phi) is 4.77. The summed E-state index contributed by atoms with van der Waals surface area (Å²) in [5.74, 6) is 0. The number of hydrogen-bond acceptors (Lipinski definition) is 4. The summed E-state index contributed by atoms with van der Waals surface area (Å²) in [7, 11) is 0. The van der Waals surface area contributed by atoms with E-state index >= 15 is 0 Å². The zero-order valence-electron chi connectivity index (χ0n) is 16.2. The zero-order chi connectivity index (χ0) is 19.8. The molecule has 1 aliphatic heterocycles. The van der Waals surface area contributed by atoms with Gasteiger partial charge in [0.05, 0.1) is 24.7 Å². The van der Waals surface area contributed by atoms with Gasteiger partial charge in [0.25, 0.3) is 5.56 Å². The number of para-hydroxylation sites is 1. The van der Waals surface area contributed by atoms with Crippen LogP contribution < -0.4 is 11.2 Å². The SMILES string of the molecule is C=CCn1cnc2c1c(=O)n(CC1CCCO1)c(=O)n2-c1c(C)cccc1C. The first-order chi connectivity index (χ1) is 13.5. The maximum Gasteiger partial charge on any atom is 0.337 e. The molecule has 146 valence electrons. The lowest BCUT2D eigenvalue weighted by Crippen LogP contribution is -2.42. The van der Waals surface area contributed by atoms with Crippen LogP contribution in [0.25, 0.3) is 16.9 Å². The first-order valence-electron chi connectivity index (χ1n) is 9.52. The van der Waals surface area contributed by atoms with Crippen molar-refractivity contribution >= 4 is 11.2 Å². The Morgan fingerprint density at radius 1 is 1.29 bits per heavy atom. The molecule has 3 heterocycles. The smallest absolute Gasteiger partial charge is 0.337 e. The summed E-state index contributed by atoms with van der Waals surface area (Å²) in [6.45, 7) is 9.03. The lowest BCUT2D eigenvalue weighted by atomic mass is 10.1. The molecule has 0 bridgehead atoms. The number of nitrogens with zero attached hydrogens (tertiary/aromatic N) is 4. The summed E-state index contributed by atoms with van der Waals surface area (Å²) in [4.78, 5) is 31.1. The number of benzene rings is 1. The zero-order valence-corrected chi connectivity index (χ0v) is 16.2. The van der Waals surface area contributed by atoms with E-state index in [1.54, 1.807) is 21.5 Å². The number of imidazole rings is 1. The van der Waals surface area contributed by atoms with Crippen LogP contribution in [0.1, 0.15) is 24.0 Å². The molecular formula is C21H24N4O3. The normalized spacial score (nSPS) is 16.7. The van der Waals surface area contributed by atoms with Crippen molar-refractivity contribution in [2.75, 3.05) is 6.61 Å². The van der Waals surface area contributed by atoms with Gasteiger partial charge in [-0.15, -0.1) is 6.58 Å². The second-order valence-electron chi connectivity index (χ2n) is 7.27. The predicted molar refractivity (Wildman–Crippen MR) is 108 cm³/mol. The van der Waals surface area contributed by atoms with E-state index in [1.807, 2.05) is 32.0 Å². The second-order valence-corrected chi connectivity index (χ2v) is 7.27. The third-order valence-electron chi connectivity index (χ3n) is 5.30. The van der Waals surface area contributed by atoms with Gasteiger partial charge < -0.3 is 9.30 Å². The minimum Gasteiger partial charge on any atom is -0.376 e. The van der Waals surface area contributed by atoms with Crippen molar-refractivity contribution in [3.05, 3.63) is 69.1 Å². The topological polar surface area (TPSA) is 71.1 Å². The maximum absolute atomic E-state index is 13.5. The Morgan fingerprint density at radius 3 is 2.68 bits per heavy atom. The molecule has 1 aromatic carbocycles. The molecule has 1 fully saturated rings. The molecule has 7 heteroatoms. The molecule has 0 spiro atoms. The molecule has 1 atom stereocenters. The fourth-order valence-corrected chi connectivity index (χ4v) is 3.97. The third kappa shape index (κ3) is 2.92. The number of aryl methyl sites for hydroxylation is 2. The van der Waals surface area contributed by atoms with Gasteiger partial charge in [-0.05, 0) is 37.8 Å². The molecule has 1 aliphatic rings. The highest BCUT2D eigenvalue weighted by Crippen LogP contribution is 2.21. The van der Waals surface area contributed by atoms with Gasteiger partial charge in [-0.1, -0.05) is 24.3 Å². The van der Waals surface area contributed by atoms with E-state index in [9.17, 15) is 9.59 Å². The number of ether oxygens (including phenoxy) is 1. The molecule has 0 amide bonds. The van der Waals surface area contributed by atoms with Crippen LogP contribution in [0.15, 0.2) is 46.8 Å². The van der Waals surface area contributed by atoms with Crippen molar-refractivity contribution in [1.82, 2.24) is 18.7 Å². The Labute approximate surface area is 162 Å². The molecule has 4 rings (SSSR count). The molecule has 0 N–H and O–H groups in total. The number of fused-ring (bicyclic) bond motifs is 1. The minimum atomic E-state index is -0.380. The highest BCUT2D eigenvalue weighted by molar-refractivity contribution is 5.73. The monoisotopic (exact) mass is 380 g/mol. The Balaban J connectivity index is 2.07. The Morgan fingerprint density at radius 2 is 2.04 bits per heavy atom. The summed E-state index contributed by atoms with van der Waals surface area (Å²) >= 11 is 0. The van der Waals surface area contributed by atoms with Crippen LogP contribution >= 0.6 is 0 Å². The van der Waals surface area contributed by atoms with Crippen molar-refractivity contribution in [2.45, 2.75) is 45.9 Å². The largest absolute Gasteiger partial charge is 0.376 e. The van der Waals surface area contributed by atoms with Gasteiger partial charge >= 0.3 is 5.69 Å². The van der Waals surface area contributed by atoms with Crippen LogP contribution in [0.3, 0.4) is 0 Å². The van der Waals surface area contributed by atoms with E-state index in [0.29, 0.717) is 24.3 Å². The Bertz CT molecular complexity index is 1140. The van der Waals surface area contributed by atoms with Gasteiger partial charge in [-0.3, -0.25) is 9.36 Å². The van der Waals surface area contributed by atoms with E-state index in [2.05, 4.69) is 11.6 Å². The molecular weight excluding hydrogens is 356 g/mol. The van der Waals surface area contributed by atoms with Crippen LogP contribution in [0.5, 0.6) is 0 Å². The van der Waals surface area contributed by atoms with Gasteiger partial charge in [0.1, 0.15) is 0 Å². The van der Waals surface area contributed by atoms with Crippen molar-refractivity contribution in [3.63, 3.8) is 0 Å². The number of aromatic nitrogens is 4. The summed E-state index contributed by atoms with van der Waals surface area (Å²) in [6, 6.07) is 5.86. The van der Waals surface area contributed by atoms with Crippen molar-refractivity contribution in [3.8, 4) is 5.69 Å². The summed E-state index contributed by atoms with van der Waals surface area (Å²) in [6.07, 6.45) is 4.97. The lowest BCUT2D eigenvalue weighted by molar-refractivity contribution is 0.0950. The van der Waals surface area contributed by atoms with Crippen LogP contribution in [0, 0.1) is 13.8 Å². The molecule has 1 saturated heterocycles. The molecule has 0 radical (unpaired) electrons. The molecule has 0 saturated carbocycles. The highest BCUT2D eigenvalue weighted by Gasteiger charge is 2.24. The average Bonchev–Trinajstić information content (AvgIpc) is 3.31. The van der Waals surface area contributed by atoms with Crippen LogP contribution in [-0.2, 0) is 17.8 Å². The van der Waals surface area contributed by atoms with Gasteiger partial charge in [-0.2, -0.15) is 0 Å². The standard InChI is InChI=1S/C21H24N4O3/c1-4-10-23-13-22-19-18(23)20(26)24(12-16-9-6-11-28-16)21(27)25(19)17-14(2)7-5-8-15(17)3/h4-5,7-8,13,16H,1,6,9-12H2,2-3H3. The Hall–Kier alpha value is -2.93. The van der Waals surface area contributed by atoms with Gasteiger partial charge in [0, 0.05) is 13.2 Å². The van der Waals surface area contributed by atoms with E-state index in [-0.39, 0.29) is 23.9 Å². The molecule has 3 aromatic rings. The molecule has 1 unspecified atom stereocenters. The summed E-state index contributed by atoms with van der Waals surface area (Å²) in [5.41, 5.74) is 2.72. The summed E-state index contributed by atoms with van der Waals surface area (Å²) < 4.78 is 10.3. The van der Waals surface area contributed by atoms with Crippen molar-refractivity contribution in [2.24, 2.45) is 0 Å². The number of rotatable bonds is 5. The van der Waals surface area contributed by atoms with Crippen LogP contribution in [0.2, 0.25) is 0 Å². The summed E-state index contributed by atoms with van der Waals surface area (Å²) in [5, 5.41) is 0. The van der Waals surface area contributed by atoms with E-state index in [4.69, 9.17) is 4.74 Å². The number of hydrogen-bond donors (Lipinski definition) is 0. The average molecular weight is 380 g/mol. The maximum atomic E-state index is 13.5. The minimum absolute atomic E-state index is 0.120. The van der Waals surface area contributed by atoms with E-state index < -0.39 is 0 Å². The van der Waals surface area contributed by atoms with Crippen LogP contribution in [0.4, 0.5) is 0 Å². The predicted octanol–water partition coefficient (Wildman–Crippen LogP) is 2.33. The highest BCUT2D eigenvalue weighted by atomic mass is 16.5. The fourth-order valence-electron chi connectivity index (χ4n) is 3.97. The van der Waals surface area contributed by atoms with E-state index in [1.165, 1.54) is 4.57 Å². The van der Waals surface area contributed by atoms with E-state index in [0.717, 1.165) is 29.7 Å². The van der Waals surface area contributed by atoms with Gasteiger partial charge in [-0.25, -0.2) is 14.3 Å². The third-order valence-corrected chi connectivity index (χ3v) is 5.30. The van der Waals surface area contributed by atoms with Crippen molar-refractivity contribution in [1.29, 1.82) is 0 Å². The van der Waals surface area contributed by atoms with Crippen molar-refractivity contribution < 1.29 is 4.74 Å². The van der Waals surface area contributed by atoms with Gasteiger partial charge in [0.2, 0.25) is 0 Å².